The maximum atomic E-state index is 12.7. The van der Waals surface area contributed by atoms with Crippen molar-refractivity contribution in [1.82, 2.24) is 0 Å². The van der Waals surface area contributed by atoms with Crippen LogP contribution >= 0.6 is 0 Å². The molecule has 0 saturated carbocycles. The fourth-order valence-corrected chi connectivity index (χ4v) is 3.15. The minimum atomic E-state index is -0.730. The van der Waals surface area contributed by atoms with Crippen LogP contribution in [0.5, 0.6) is 0 Å². The second-order valence-electron chi connectivity index (χ2n) is 6.45. The Hall–Kier alpha value is -2.65. The van der Waals surface area contributed by atoms with E-state index in [4.69, 9.17) is 4.74 Å². The highest BCUT2D eigenvalue weighted by molar-refractivity contribution is 5.92. The van der Waals surface area contributed by atoms with E-state index in [-0.39, 0.29) is 12.6 Å². The lowest BCUT2D eigenvalue weighted by Gasteiger charge is -2.20. The Balaban J connectivity index is 1.86. The van der Waals surface area contributed by atoms with Crippen LogP contribution in [0.15, 0.2) is 83.5 Å². The molecular formula is C22H22O3. The summed E-state index contributed by atoms with van der Waals surface area (Å²) in [5.41, 5.74) is 4.15. The first-order valence-corrected chi connectivity index (χ1v) is 8.41. The van der Waals surface area contributed by atoms with Gasteiger partial charge in [0.05, 0.1) is 6.10 Å². The lowest BCUT2D eigenvalue weighted by molar-refractivity contribution is -0.140. The minimum absolute atomic E-state index is 0.221. The number of aliphatic hydroxyl groups is 1. The number of allylic oxidation sites excluding steroid dienone is 1. The van der Waals surface area contributed by atoms with Crippen LogP contribution in [0.2, 0.25) is 0 Å². The van der Waals surface area contributed by atoms with Crippen molar-refractivity contribution in [1.29, 1.82) is 0 Å². The van der Waals surface area contributed by atoms with E-state index < -0.39 is 12.0 Å². The first-order valence-electron chi connectivity index (χ1n) is 8.41. The molecule has 0 aromatic heterocycles. The largest absolute Gasteiger partial charge is 0.457 e. The van der Waals surface area contributed by atoms with Crippen molar-refractivity contribution >= 4 is 5.97 Å². The predicted octanol–water partition coefficient (Wildman–Crippen LogP) is 4.15. The van der Waals surface area contributed by atoms with Crippen LogP contribution in [-0.2, 0) is 16.1 Å². The number of carbonyl (C=O) groups excluding carboxylic acids is 1. The van der Waals surface area contributed by atoms with Gasteiger partial charge in [0, 0.05) is 11.5 Å². The van der Waals surface area contributed by atoms with Gasteiger partial charge >= 0.3 is 5.97 Å². The van der Waals surface area contributed by atoms with E-state index in [1.54, 1.807) is 6.08 Å². The average molecular weight is 334 g/mol. The highest BCUT2D eigenvalue weighted by Gasteiger charge is 2.37. The first kappa shape index (κ1) is 17.2. The minimum Gasteiger partial charge on any atom is -0.457 e. The fourth-order valence-electron chi connectivity index (χ4n) is 3.15. The van der Waals surface area contributed by atoms with E-state index in [2.05, 4.69) is 0 Å². The molecule has 1 N–H and O–H groups in total. The van der Waals surface area contributed by atoms with Gasteiger partial charge in [0.2, 0.25) is 0 Å². The molecule has 0 amide bonds. The van der Waals surface area contributed by atoms with Crippen molar-refractivity contribution in [2.45, 2.75) is 32.5 Å². The molecule has 1 aliphatic carbocycles. The number of esters is 1. The Labute approximate surface area is 148 Å². The van der Waals surface area contributed by atoms with Gasteiger partial charge in [-0.1, -0.05) is 66.2 Å². The van der Waals surface area contributed by atoms with Gasteiger partial charge in [0.15, 0.2) is 0 Å². The number of hydrogen-bond acceptors (Lipinski definition) is 3. The number of hydrogen-bond donors (Lipinski definition) is 1. The number of benzene rings is 2. The van der Waals surface area contributed by atoms with Crippen LogP contribution in [0, 0.1) is 0 Å². The highest BCUT2D eigenvalue weighted by Crippen LogP contribution is 2.40. The zero-order chi connectivity index (χ0) is 17.8. The topological polar surface area (TPSA) is 46.5 Å². The average Bonchev–Trinajstić information content (AvgIpc) is 2.99. The zero-order valence-corrected chi connectivity index (χ0v) is 14.5. The number of rotatable bonds is 4. The highest BCUT2D eigenvalue weighted by atomic mass is 16.5. The summed E-state index contributed by atoms with van der Waals surface area (Å²) < 4.78 is 5.50. The lowest BCUT2D eigenvalue weighted by Crippen LogP contribution is -2.21. The molecule has 3 heteroatoms. The molecule has 0 bridgehead atoms. The summed E-state index contributed by atoms with van der Waals surface area (Å²) in [5.74, 6) is -0.776. The molecule has 0 aliphatic heterocycles. The van der Waals surface area contributed by atoms with Gasteiger partial charge < -0.3 is 9.84 Å². The van der Waals surface area contributed by atoms with Crippen molar-refractivity contribution < 1.29 is 14.6 Å². The van der Waals surface area contributed by atoms with E-state index in [0.717, 1.165) is 22.3 Å². The Morgan fingerprint density at radius 3 is 2.20 bits per heavy atom. The van der Waals surface area contributed by atoms with Gasteiger partial charge in [-0.25, -0.2) is 4.79 Å². The van der Waals surface area contributed by atoms with Crippen molar-refractivity contribution in [2.24, 2.45) is 0 Å². The molecule has 1 aliphatic rings. The predicted molar refractivity (Wildman–Crippen MR) is 97.9 cm³/mol. The summed E-state index contributed by atoms with van der Waals surface area (Å²) in [5, 5.41) is 10.8. The van der Waals surface area contributed by atoms with E-state index in [1.807, 2.05) is 74.5 Å². The van der Waals surface area contributed by atoms with Crippen LogP contribution in [0.25, 0.3) is 0 Å². The van der Waals surface area contributed by atoms with Crippen LogP contribution < -0.4 is 0 Å². The molecule has 2 aromatic carbocycles. The molecule has 0 radical (unpaired) electrons. The number of carbonyl (C=O) groups is 1. The normalized spacial score (nSPS) is 19.5. The molecule has 0 spiro atoms. The van der Waals surface area contributed by atoms with Crippen LogP contribution in [0.1, 0.15) is 30.9 Å². The molecule has 3 rings (SSSR count). The maximum absolute atomic E-state index is 12.7. The van der Waals surface area contributed by atoms with Gasteiger partial charge in [-0.2, -0.15) is 0 Å². The zero-order valence-electron chi connectivity index (χ0n) is 14.5. The molecule has 2 aromatic rings. The Bertz CT molecular complexity index is 800. The van der Waals surface area contributed by atoms with Gasteiger partial charge in [0.1, 0.15) is 6.61 Å². The van der Waals surface area contributed by atoms with Crippen LogP contribution in [0.4, 0.5) is 0 Å². The number of ether oxygens (including phenoxy) is 1. The quantitative estimate of drug-likeness (QED) is 0.855. The molecule has 3 nitrogen and oxygen atoms in total. The third-order valence-electron chi connectivity index (χ3n) is 4.46. The lowest BCUT2D eigenvalue weighted by atomic mass is 9.89. The maximum Gasteiger partial charge on any atom is 0.335 e. The van der Waals surface area contributed by atoms with E-state index in [0.29, 0.717) is 5.57 Å². The van der Waals surface area contributed by atoms with E-state index in [9.17, 15) is 9.90 Å². The van der Waals surface area contributed by atoms with Crippen molar-refractivity contribution in [2.75, 3.05) is 0 Å². The summed E-state index contributed by atoms with van der Waals surface area (Å²) in [4.78, 5) is 12.7. The number of aliphatic hydroxyl groups excluding tert-OH is 1. The van der Waals surface area contributed by atoms with E-state index in [1.165, 1.54) is 0 Å². The summed E-state index contributed by atoms with van der Waals surface area (Å²) >= 11 is 0. The van der Waals surface area contributed by atoms with Gasteiger partial charge in [-0.05, 0) is 36.6 Å². The Kier molecular flexibility index (Phi) is 5.15. The molecule has 25 heavy (non-hydrogen) atoms. The molecule has 2 atom stereocenters. The second-order valence-corrected chi connectivity index (χ2v) is 6.45. The smallest absolute Gasteiger partial charge is 0.335 e. The Morgan fingerprint density at radius 1 is 1.00 bits per heavy atom. The van der Waals surface area contributed by atoms with Crippen LogP contribution in [-0.4, -0.2) is 17.2 Å². The molecule has 128 valence electrons. The summed E-state index contributed by atoms with van der Waals surface area (Å²) in [6.07, 6.45) is 1.05. The third-order valence-corrected chi connectivity index (χ3v) is 4.46. The molecule has 0 unspecified atom stereocenters. The standard InChI is InChI=1S/C22H22O3/c1-15(2)18-13-19(20(21(18)23)17-11-7-4-8-12-17)22(24)25-14-16-9-5-3-6-10-16/h3-13,20-21,23H,14H2,1-2H3/t20-,21+/m1/s1. The van der Waals surface area contributed by atoms with Crippen molar-refractivity contribution in [3.05, 3.63) is 94.6 Å². The summed E-state index contributed by atoms with van der Waals surface area (Å²) in [6, 6.07) is 19.2. The molecule has 0 fully saturated rings. The molecule has 0 heterocycles. The van der Waals surface area contributed by atoms with E-state index >= 15 is 0 Å². The summed E-state index contributed by atoms with van der Waals surface area (Å²) in [6.45, 7) is 4.10. The van der Waals surface area contributed by atoms with Crippen molar-refractivity contribution in [3.63, 3.8) is 0 Å². The second kappa shape index (κ2) is 7.49. The first-order chi connectivity index (χ1) is 12.1. The Morgan fingerprint density at radius 2 is 1.60 bits per heavy atom. The van der Waals surface area contributed by atoms with Gasteiger partial charge in [-0.3, -0.25) is 0 Å². The third kappa shape index (κ3) is 3.72. The van der Waals surface area contributed by atoms with Gasteiger partial charge in [0.25, 0.3) is 0 Å². The molecular weight excluding hydrogens is 312 g/mol. The SMILES string of the molecule is CC(C)=C1C=C(C(=O)OCc2ccccc2)[C@@H](c2ccccc2)[C@H]1O. The van der Waals surface area contributed by atoms with Gasteiger partial charge in [-0.15, -0.1) is 0 Å². The fraction of sp³-hybridized carbons (Fsp3) is 0.227. The monoisotopic (exact) mass is 334 g/mol. The summed E-state index contributed by atoms with van der Waals surface area (Å²) in [7, 11) is 0. The van der Waals surface area contributed by atoms with Crippen molar-refractivity contribution in [3.8, 4) is 0 Å². The van der Waals surface area contributed by atoms with Crippen LogP contribution in [0.3, 0.4) is 0 Å². The molecule has 0 saturated heterocycles.